The van der Waals surface area contributed by atoms with Crippen molar-refractivity contribution in [2.75, 3.05) is 9.80 Å². The van der Waals surface area contributed by atoms with Crippen LogP contribution in [-0.2, 0) is 0 Å². The maximum Gasteiger partial charge on any atom is 0.137 e. The topological polar surface area (TPSA) is 19.6 Å². The fraction of sp³-hybridized carbons (Fsp3) is 0. The van der Waals surface area contributed by atoms with E-state index in [1.54, 1.807) is 23.1 Å². The minimum absolute atomic E-state index is 0.0239. The molecular formula is C52H34N2OS. The van der Waals surface area contributed by atoms with Crippen LogP contribution in [0.3, 0.4) is 0 Å². The van der Waals surface area contributed by atoms with Crippen molar-refractivity contribution in [1.29, 1.82) is 0 Å². The second-order valence-electron chi connectivity index (χ2n) is 13.2. The van der Waals surface area contributed by atoms with E-state index in [0.717, 1.165) is 47.9 Å². The van der Waals surface area contributed by atoms with Gasteiger partial charge in [0.1, 0.15) is 11.2 Å². The van der Waals surface area contributed by atoms with Gasteiger partial charge in [0.2, 0.25) is 0 Å². The van der Waals surface area contributed by atoms with Crippen LogP contribution in [0.1, 0.15) is 16.4 Å². The Morgan fingerprint density at radius 1 is 0.429 bits per heavy atom. The molecule has 0 amide bonds. The number of hydrogen-bond acceptors (Lipinski definition) is 4. The quantitative estimate of drug-likeness (QED) is 0.162. The van der Waals surface area contributed by atoms with Gasteiger partial charge >= 0.3 is 0 Å². The Labute approximate surface area is 345 Å². The van der Waals surface area contributed by atoms with Gasteiger partial charge in [0.05, 0.1) is 26.8 Å². The number of rotatable bonds is 7. The number of hydrogen-bond donors (Lipinski definition) is 0. The molecule has 4 heteroatoms. The van der Waals surface area contributed by atoms with Crippen LogP contribution in [0, 0.1) is 0 Å². The standard InChI is InChI=1S/C52H34N2OS/c1-3-16-39(17-4-1)54(40-18-5-2-6-19-40)48-23-12-22-47-46-30-28-43(34-51(46)56-52(47)48)53(42-27-29-45-44-21-9-10-24-49(44)55-50(45)33-42)41-20-11-15-37(32-41)38-26-25-35-13-7-8-14-36(35)31-38/h1-34H/i1D,3D,4D,7D,8D,13D,14D,16D,17D,25D,26D,31D. The van der Waals surface area contributed by atoms with Crippen molar-refractivity contribution in [3.63, 3.8) is 0 Å². The largest absolute Gasteiger partial charge is 0.456 e. The number of fused-ring (bicyclic) bond motifs is 7. The van der Waals surface area contributed by atoms with Crippen molar-refractivity contribution in [1.82, 2.24) is 0 Å². The molecule has 0 radical (unpaired) electrons. The molecule has 0 spiro atoms. The average Bonchev–Trinajstić information content (AvgIpc) is 3.92. The summed E-state index contributed by atoms with van der Waals surface area (Å²) in [6, 6.07) is 37.0. The molecule has 0 saturated heterocycles. The molecular weight excluding hydrogens is 701 g/mol. The average molecular weight is 747 g/mol. The first kappa shape index (κ1) is 22.3. The number of furan rings is 1. The summed E-state index contributed by atoms with van der Waals surface area (Å²) in [6.45, 7) is 0. The molecule has 0 aliphatic heterocycles. The normalized spacial score (nSPS) is 14.6. The summed E-state index contributed by atoms with van der Waals surface area (Å²) in [4.78, 5) is 3.74. The molecule has 0 saturated carbocycles. The molecule has 0 unspecified atom stereocenters. The van der Waals surface area contributed by atoms with Crippen molar-refractivity contribution in [3.05, 3.63) is 206 Å². The Morgan fingerprint density at radius 2 is 1.12 bits per heavy atom. The fourth-order valence-electron chi connectivity index (χ4n) is 7.44. The van der Waals surface area contributed by atoms with Gasteiger partial charge in [0.25, 0.3) is 0 Å². The Morgan fingerprint density at radius 3 is 2.02 bits per heavy atom. The molecule has 3 nitrogen and oxygen atoms in total. The Kier molecular flexibility index (Phi) is 5.30. The van der Waals surface area contributed by atoms with Crippen LogP contribution in [-0.4, -0.2) is 0 Å². The van der Waals surface area contributed by atoms with Gasteiger partial charge in [-0.05, 0) is 101 Å². The maximum absolute atomic E-state index is 9.30. The van der Waals surface area contributed by atoms with Gasteiger partial charge in [-0.2, -0.15) is 0 Å². The van der Waals surface area contributed by atoms with Crippen LogP contribution >= 0.6 is 11.3 Å². The molecule has 0 atom stereocenters. The van der Waals surface area contributed by atoms with Gasteiger partial charge in [0.15, 0.2) is 0 Å². The van der Waals surface area contributed by atoms with E-state index >= 15 is 0 Å². The predicted molar refractivity (Wildman–Crippen MR) is 239 cm³/mol. The van der Waals surface area contributed by atoms with Crippen molar-refractivity contribution >= 4 is 98.3 Å². The summed E-state index contributed by atoms with van der Waals surface area (Å²) in [5.41, 5.74) is 5.17. The van der Waals surface area contributed by atoms with E-state index in [2.05, 4.69) is 6.07 Å². The van der Waals surface area contributed by atoms with E-state index in [9.17, 15) is 1.37 Å². The zero-order valence-electron chi connectivity index (χ0n) is 41.4. The molecule has 56 heavy (non-hydrogen) atoms. The van der Waals surface area contributed by atoms with Crippen LogP contribution in [0.15, 0.2) is 210 Å². The highest BCUT2D eigenvalue weighted by Gasteiger charge is 2.20. The summed E-state index contributed by atoms with van der Waals surface area (Å²) in [5, 5.41) is 3.40. The first-order valence-electron chi connectivity index (χ1n) is 23.9. The summed E-state index contributed by atoms with van der Waals surface area (Å²) >= 11 is 1.50. The molecule has 2 aromatic heterocycles. The van der Waals surface area contributed by atoms with Gasteiger partial charge in [-0.25, -0.2) is 0 Å². The second kappa shape index (κ2) is 13.3. The third-order valence-electron chi connectivity index (χ3n) is 9.95. The number of anilines is 6. The van der Waals surface area contributed by atoms with Gasteiger partial charge in [-0.3, -0.25) is 0 Å². The zero-order valence-corrected chi connectivity index (χ0v) is 30.2. The molecule has 2 heterocycles. The molecule has 0 aliphatic rings. The lowest BCUT2D eigenvalue weighted by molar-refractivity contribution is 0.669. The highest BCUT2D eigenvalue weighted by molar-refractivity contribution is 7.26. The smallest absolute Gasteiger partial charge is 0.137 e. The lowest BCUT2D eigenvalue weighted by atomic mass is 10.0. The Bertz CT molecular complexity index is 3900. The number of para-hydroxylation sites is 3. The van der Waals surface area contributed by atoms with Crippen molar-refractivity contribution < 1.29 is 20.9 Å². The first-order chi connectivity index (χ1) is 32.7. The first-order valence-corrected chi connectivity index (χ1v) is 18.8. The molecule has 0 aliphatic carbocycles. The van der Waals surface area contributed by atoms with Crippen LogP contribution in [0.4, 0.5) is 34.1 Å². The molecule has 11 aromatic rings. The third-order valence-corrected chi connectivity index (χ3v) is 11.1. The highest BCUT2D eigenvalue weighted by Crippen LogP contribution is 2.47. The van der Waals surface area contributed by atoms with Gasteiger partial charge in [-0.15, -0.1) is 11.3 Å². The van der Waals surface area contributed by atoms with Crippen LogP contribution in [0.5, 0.6) is 0 Å². The number of nitrogens with zero attached hydrogens (tertiary/aromatic N) is 2. The zero-order chi connectivity index (χ0) is 47.4. The molecule has 0 bridgehead atoms. The summed E-state index contributed by atoms with van der Waals surface area (Å²) in [7, 11) is 0. The lowest BCUT2D eigenvalue weighted by Crippen LogP contribution is -2.09. The van der Waals surface area contributed by atoms with E-state index in [-0.39, 0.29) is 46.2 Å². The van der Waals surface area contributed by atoms with E-state index in [4.69, 9.17) is 19.5 Å². The molecule has 264 valence electrons. The van der Waals surface area contributed by atoms with Crippen molar-refractivity contribution in [2.24, 2.45) is 0 Å². The van der Waals surface area contributed by atoms with Gasteiger partial charge in [0, 0.05) is 60.7 Å². The third kappa shape index (κ3) is 5.50. The second-order valence-corrected chi connectivity index (χ2v) is 14.3. The van der Waals surface area contributed by atoms with Crippen molar-refractivity contribution in [2.45, 2.75) is 0 Å². The fourth-order valence-corrected chi connectivity index (χ4v) is 8.67. The summed E-state index contributed by atoms with van der Waals surface area (Å²) < 4.78 is 113. The predicted octanol–water partition coefficient (Wildman–Crippen LogP) is 15.7. The van der Waals surface area contributed by atoms with Crippen molar-refractivity contribution in [3.8, 4) is 11.1 Å². The minimum atomic E-state index is -0.531. The van der Waals surface area contributed by atoms with Crippen LogP contribution in [0.25, 0.3) is 64.0 Å². The lowest BCUT2D eigenvalue weighted by Gasteiger charge is -2.26. The molecule has 9 aromatic carbocycles. The highest BCUT2D eigenvalue weighted by atomic mass is 32.1. The minimum Gasteiger partial charge on any atom is -0.456 e. The van der Waals surface area contributed by atoms with Crippen LogP contribution in [0.2, 0.25) is 0 Å². The van der Waals surface area contributed by atoms with E-state index in [1.165, 1.54) is 11.3 Å². The van der Waals surface area contributed by atoms with Gasteiger partial charge in [-0.1, -0.05) is 121 Å². The van der Waals surface area contributed by atoms with Crippen LogP contribution < -0.4 is 9.80 Å². The van der Waals surface area contributed by atoms with E-state index < -0.39 is 48.3 Å². The maximum atomic E-state index is 9.30. The molecule has 11 rings (SSSR count). The Hall–Kier alpha value is -7.14. The van der Waals surface area contributed by atoms with E-state index in [1.807, 2.05) is 114 Å². The SMILES string of the molecule is [2H]c1c([2H])c([2H])c(N(c2ccccc2)c2cccc3c2sc2cc(N(c4cccc(-c5c([2H])c([2H])c6c([2H])c([2H])c([2H])c([2H])c6c5[2H])c4)c4ccc5c(c4)oc4ccccc45)ccc23)c([2H])c1[2H]. The summed E-state index contributed by atoms with van der Waals surface area (Å²) in [6.07, 6.45) is 0. The Balaban J connectivity index is 1.13. The number of benzene rings is 9. The molecule has 0 N–H and O–H groups in total. The van der Waals surface area contributed by atoms with E-state index in [0.29, 0.717) is 28.2 Å². The summed E-state index contributed by atoms with van der Waals surface area (Å²) in [5.74, 6) is 0. The monoisotopic (exact) mass is 746 g/mol. The number of thiophene rings is 1. The van der Waals surface area contributed by atoms with Gasteiger partial charge < -0.3 is 14.2 Å². The molecule has 0 fully saturated rings.